The number of nitrogens with zero attached hydrogens (tertiary/aromatic N) is 1. The van der Waals surface area contributed by atoms with Crippen molar-refractivity contribution in [3.8, 4) is 5.75 Å². The molecule has 0 aliphatic rings. The molecule has 0 aliphatic heterocycles. The predicted molar refractivity (Wildman–Crippen MR) is 87.0 cm³/mol. The first kappa shape index (κ1) is 13.2. The fourth-order valence-electron chi connectivity index (χ4n) is 2.26. The van der Waals surface area contributed by atoms with Gasteiger partial charge in [0.1, 0.15) is 5.75 Å². The van der Waals surface area contributed by atoms with Gasteiger partial charge in [0.05, 0.1) is 17.8 Å². The third-order valence-electron chi connectivity index (χ3n) is 3.25. The van der Waals surface area contributed by atoms with Crippen LogP contribution < -0.4 is 15.8 Å². The van der Waals surface area contributed by atoms with Crippen LogP contribution in [-0.4, -0.2) is 11.6 Å². The standard InChI is InChI=1S/C17H17N3O/c1-2-21-13-8-6-12(7-9-13)20-16-10-11-19-17-14(16)4-3-5-15(17)18/h3-11H,2,18H2,1H3,(H,19,20). The molecule has 1 aromatic heterocycles. The van der Waals surface area contributed by atoms with Crippen LogP contribution in [0.3, 0.4) is 0 Å². The Morgan fingerprint density at radius 3 is 2.67 bits per heavy atom. The third kappa shape index (κ3) is 2.74. The van der Waals surface area contributed by atoms with E-state index in [0.717, 1.165) is 28.0 Å². The van der Waals surface area contributed by atoms with Gasteiger partial charge in [-0.15, -0.1) is 0 Å². The highest BCUT2D eigenvalue weighted by Crippen LogP contribution is 2.28. The Kier molecular flexibility index (Phi) is 3.60. The van der Waals surface area contributed by atoms with Gasteiger partial charge in [-0.25, -0.2) is 0 Å². The van der Waals surface area contributed by atoms with Gasteiger partial charge in [0.15, 0.2) is 0 Å². The van der Waals surface area contributed by atoms with Gasteiger partial charge < -0.3 is 15.8 Å². The topological polar surface area (TPSA) is 60.2 Å². The van der Waals surface area contributed by atoms with Crippen LogP contribution in [-0.2, 0) is 0 Å². The largest absolute Gasteiger partial charge is 0.494 e. The normalized spacial score (nSPS) is 10.5. The van der Waals surface area contributed by atoms with Crippen molar-refractivity contribution in [2.24, 2.45) is 0 Å². The van der Waals surface area contributed by atoms with Gasteiger partial charge in [-0.2, -0.15) is 0 Å². The van der Waals surface area contributed by atoms with Gasteiger partial charge in [-0.1, -0.05) is 12.1 Å². The highest BCUT2D eigenvalue weighted by atomic mass is 16.5. The van der Waals surface area contributed by atoms with Crippen molar-refractivity contribution in [2.45, 2.75) is 6.92 Å². The van der Waals surface area contributed by atoms with Crippen LogP contribution >= 0.6 is 0 Å². The number of nitrogens with one attached hydrogen (secondary N) is 1. The molecule has 0 bridgehead atoms. The number of hydrogen-bond donors (Lipinski definition) is 2. The number of aromatic nitrogens is 1. The molecule has 0 radical (unpaired) electrons. The van der Waals surface area contributed by atoms with Crippen LogP contribution in [0.4, 0.5) is 17.1 Å². The maximum atomic E-state index is 5.96. The fourth-order valence-corrected chi connectivity index (χ4v) is 2.26. The van der Waals surface area contributed by atoms with Crippen molar-refractivity contribution in [3.63, 3.8) is 0 Å². The monoisotopic (exact) mass is 279 g/mol. The molecule has 0 fully saturated rings. The molecule has 0 atom stereocenters. The number of para-hydroxylation sites is 1. The minimum Gasteiger partial charge on any atom is -0.494 e. The summed E-state index contributed by atoms with van der Waals surface area (Å²) in [5, 5.41) is 4.40. The lowest BCUT2D eigenvalue weighted by atomic mass is 10.1. The minimum absolute atomic E-state index is 0.668. The molecule has 3 N–H and O–H groups in total. The van der Waals surface area contributed by atoms with E-state index in [2.05, 4.69) is 10.3 Å². The molecule has 106 valence electrons. The molecule has 3 aromatic rings. The van der Waals surface area contributed by atoms with Crippen molar-refractivity contribution < 1.29 is 4.74 Å². The zero-order valence-electron chi connectivity index (χ0n) is 11.8. The Labute approximate surface area is 123 Å². The summed E-state index contributed by atoms with van der Waals surface area (Å²) in [4.78, 5) is 4.34. The molecule has 4 nitrogen and oxygen atoms in total. The Hall–Kier alpha value is -2.75. The van der Waals surface area contributed by atoms with Gasteiger partial charge >= 0.3 is 0 Å². The molecule has 0 spiro atoms. The van der Waals surface area contributed by atoms with Gasteiger partial charge in [0, 0.05) is 23.0 Å². The van der Waals surface area contributed by atoms with Crippen molar-refractivity contribution in [2.75, 3.05) is 17.7 Å². The third-order valence-corrected chi connectivity index (χ3v) is 3.25. The molecule has 0 unspecified atom stereocenters. The van der Waals surface area contributed by atoms with Crippen molar-refractivity contribution in [1.82, 2.24) is 4.98 Å². The highest BCUT2D eigenvalue weighted by Gasteiger charge is 2.04. The molecule has 3 rings (SSSR count). The van der Waals surface area contributed by atoms with Gasteiger partial charge in [-0.05, 0) is 43.3 Å². The van der Waals surface area contributed by atoms with E-state index in [4.69, 9.17) is 10.5 Å². The zero-order chi connectivity index (χ0) is 14.7. The molecule has 0 saturated carbocycles. The van der Waals surface area contributed by atoms with Gasteiger partial charge in [0.2, 0.25) is 0 Å². The van der Waals surface area contributed by atoms with Crippen LogP contribution in [0.2, 0.25) is 0 Å². The summed E-state index contributed by atoms with van der Waals surface area (Å²) in [6.07, 6.45) is 1.76. The number of anilines is 3. The summed E-state index contributed by atoms with van der Waals surface area (Å²) in [6.45, 7) is 2.64. The predicted octanol–water partition coefficient (Wildman–Crippen LogP) is 3.96. The van der Waals surface area contributed by atoms with Crippen LogP contribution in [0.25, 0.3) is 10.9 Å². The van der Waals surface area contributed by atoms with Gasteiger partial charge in [-0.3, -0.25) is 4.98 Å². The second-order valence-electron chi connectivity index (χ2n) is 4.68. The summed E-state index contributed by atoms with van der Waals surface area (Å²) in [6, 6.07) is 15.6. The van der Waals surface area contributed by atoms with E-state index in [1.54, 1.807) is 6.20 Å². The van der Waals surface area contributed by atoms with Crippen molar-refractivity contribution in [1.29, 1.82) is 0 Å². The van der Waals surface area contributed by atoms with E-state index in [0.29, 0.717) is 12.3 Å². The molecule has 0 aliphatic carbocycles. The first-order chi connectivity index (χ1) is 10.3. The number of pyridine rings is 1. The average Bonchev–Trinajstić information content (AvgIpc) is 2.51. The summed E-state index contributed by atoms with van der Waals surface area (Å²) >= 11 is 0. The number of hydrogen-bond acceptors (Lipinski definition) is 4. The van der Waals surface area contributed by atoms with Crippen molar-refractivity contribution in [3.05, 3.63) is 54.7 Å². The number of nitrogens with two attached hydrogens (primary N) is 1. The summed E-state index contributed by atoms with van der Waals surface area (Å²) in [7, 11) is 0. The number of nitrogen functional groups attached to an aromatic ring is 1. The fraction of sp³-hybridized carbons (Fsp3) is 0.118. The number of rotatable bonds is 4. The lowest BCUT2D eigenvalue weighted by molar-refractivity contribution is 0.340. The SMILES string of the molecule is CCOc1ccc(Nc2ccnc3c(N)cccc23)cc1. The van der Waals surface area contributed by atoms with E-state index in [9.17, 15) is 0 Å². The van der Waals surface area contributed by atoms with Crippen LogP contribution in [0.15, 0.2) is 54.7 Å². The Morgan fingerprint density at radius 2 is 1.90 bits per heavy atom. The molecule has 21 heavy (non-hydrogen) atoms. The molecule has 0 saturated heterocycles. The summed E-state index contributed by atoms with van der Waals surface area (Å²) in [5.74, 6) is 0.867. The smallest absolute Gasteiger partial charge is 0.119 e. The Morgan fingerprint density at radius 1 is 1.10 bits per heavy atom. The van der Waals surface area contributed by atoms with Crippen molar-refractivity contribution >= 4 is 28.0 Å². The van der Waals surface area contributed by atoms with Crippen LogP contribution in [0.1, 0.15) is 6.92 Å². The minimum atomic E-state index is 0.668. The quantitative estimate of drug-likeness (QED) is 0.710. The molecule has 4 heteroatoms. The first-order valence-corrected chi connectivity index (χ1v) is 6.91. The maximum Gasteiger partial charge on any atom is 0.119 e. The Balaban J connectivity index is 1.93. The average molecular weight is 279 g/mol. The van der Waals surface area contributed by atoms with Crippen LogP contribution in [0, 0.1) is 0 Å². The first-order valence-electron chi connectivity index (χ1n) is 6.91. The number of benzene rings is 2. The number of ether oxygens (including phenoxy) is 1. The zero-order valence-corrected chi connectivity index (χ0v) is 11.8. The van der Waals surface area contributed by atoms with E-state index < -0.39 is 0 Å². The molecular weight excluding hydrogens is 262 g/mol. The molecular formula is C17H17N3O. The maximum absolute atomic E-state index is 5.96. The molecule has 2 aromatic carbocycles. The van der Waals surface area contributed by atoms with E-state index in [1.807, 2.05) is 55.5 Å². The second kappa shape index (κ2) is 5.71. The highest BCUT2D eigenvalue weighted by molar-refractivity contribution is 5.98. The Bertz CT molecular complexity index is 754. The lowest BCUT2D eigenvalue weighted by Gasteiger charge is -2.11. The van der Waals surface area contributed by atoms with Gasteiger partial charge in [0.25, 0.3) is 0 Å². The molecule has 0 amide bonds. The van der Waals surface area contributed by atoms with Crippen LogP contribution in [0.5, 0.6) is 5.75 Å². The second-order valence-corrected chi connectivity index (χ2v) is 4.68. The summed E-state index contributed by atoms with van der Waals surface area (Å²) < 4.78 is 5.44. The molecule has 1 heterocycles. The summed E-state index contributed by atoms with van der Waals surface area (Å²) in [5.41, 5.74) is 9.44. The van der Waals surface area contributed by atoms with E-state index in [-0.39, 0.29) is 0 Å². The lowest BCUT2D eigenvalue weighted by Crippen LogP contribution is -1.95. The van der Waals surface area contributed by atoms with E-state index >= 15 is 0 Å². The number of fused-ring (bicyclic) bond motifs is 1. The van der Waals surface area contributed by atoms with E-state index in [1.165, 1.54) is 0 Å².